The summed E-state index contributed by atoms with van der Waals surface area (Å²) in [6.07, 6.45) is 0. The average molecular weight is 324 g/mol. The van der Waals surface area contributed by atoms with E-state index in [1.165, 1.54) is 17.1 Å². The van der Waals surface area contributed by atoms with Crippen molar-refractivity contribution in [3.63, 3.8) is 0 Å². The van der Waals surface area contributed by atoms with Gasteiger partial charge in [0.15, 0.2) is 0 Å². The number of hydrogen-bond donors (Lipinski definition) is 1. The standard InChI is InChI=1S/C16H16N6S/c1-10-9-11(2)18-16-14(10)15(20-23-16)17-7-8-22-13-6-4-3-5-12(13)19-21-22/h3-6,9H,7-8H2,1-2H3,(H,17,20). The maximum atomic E-state index is 4.54. The van der Waals surface area contributed by atoms with Crippen molar-refractivity contribution in [3.8, 4) is 0 Å². The third-order valence-corrected chi connectivity index (χ3v) is 4.55. The van der Waals surface area contributed by atoms with E-state index in [1.54, 1.807) is 0 Å². The average Bonchev–Trinajstić information content (AvgIpc) is 3.12. The Morgan fingerprint density at radius 3 is 3.00 bits per heavy atom. The first-order valence-corrected chi connectivity index (χ1v) is 8.25. The molecule has 4 aromatic rings. The third kappa shape index (κ3) is 2.53. The Morgan fingerprint density at radius 2 is 2.09 bits per heavy atom. The summed E-state index contributed by atoms with van der Waals surface area (Å²) in [6.45, 7) is 5.58. The molecule has 0 aliphatic heterocycles. The SMILES string of the molecule is Cc1cc(C)c2c(NCCn3nnc4ccccc43)nsc2n1. The van der Waals surface area contributed by atoms with Crippen molar-refractivity contribution >= 4 is 38.6 Å². The maximum Gasteiger partial charge on any atom is 0.149 e. The molecular formula is C16H16N6S. The second-order valence-corrected chi connectivity index (χ2v) is 6.27. The minimum atomic E-state index is 0.734. The molecule has 0 aliphatic rings. The molecule has 4 rings (SSSR count). The predicted molar refractivity (Wildman–Crippen MR) is 92.9 cm³/mol. The molecule has 3 heterocycles. The minimum Gasteiger partial charge on any atom is -0.367 e. The summed E-state index contributed by atoms with van der Waals surface area (Å²) in [5.41, 5.74) is 4.20. The van der Waals surface area contributed by atoms with Crippen molar-refractivity contribution in [2.45, 2.75) is 20.4 Å². The van der Waals surface area contributed by atoms with Crippen LogP contribution in [0, 0.1) is 13.8 Å². The van der Waals surface area contributed by atoms with E-state index < -0.39 is 0 Å². The molecule has 0 amide bonds. The zero-order valence-corrected chi connectivity index (χ0v) is 13.8. The molecule has 0 bridgehead atoms. The normalized spacial score (nSPS) is 11.4. The summed E-state index contributed by atoms with van der Waals surface area (Å²) in [5.74, 6) is 0.902. The fourth-order valence-electron chi connectivity index (χ4n) is 2.77. The highest BCUT2D eigenvalue weighted by atomic mass is 32.1. The number of rotatable bonds is 4. The lowest BCUT2D eigenvalue weighted by Crippen LogP contribution is -2.12. The minimum absolute atomic E-state index is 0.734. The first kappa shape index (κ1) is 14.1. The van der Waals surface area contributed by atoms with Gasteiger partial charge < -0.3 is 5.32 Å². The van der Waals surface area contributed by atoms with Crippen LogP contribution in [0.5, 0.6) is 0 Å². The summed E-state index contributed by atoms with van der Waals surface area (Å²) in [5, 5.41) is 12.9. The summed E-state index contributed by atoms with van der Waals surface area (Å²) in [7, 11) is 0. The van der Waals surface area contributed by atoms with Crippen molar-refractivity contribution in [1.29, 1.82) is 0 Å². The molecule has 0 aliphatic carbocycles. The van der Waals surface area contributed by atoms with Crippen LogP contribution in [0.3, 0.4) is 0 Å². The molecule has 0 atom stereocenters. The summed E-state index contributed by atoms with van der Waals surface area (Å²) >= 11 is 1.43. The van der Waals surface area contributed by atoms with Crippen LogP contribution in [-0.2, 0) is 6.54 Å². The molecule has 1 aromatic carbocycles. The number of aromatic nitrogens is 5. The van der Waals surface area contributed by atoms with Crippen LogP contribution in [0.1, 0.15) is 11.3 Å². The van der Waals surface area contributed by atoms with Gasteiger partial charge in [-0.25, -0.2) is 9.67 Å². The van der Waals surface area contributed by atoms with E-state index in [2.05, 4.69) is 38.0 Å². The smallest absolute Gasteiger partial charge is 0.149 e. The van der Waals surface area contributed by atoms with E-state index in [1.807, 2.05) is 35.9 Å². The molecule has 0 saturated carbocycles. The van der Waals surface area contributed by atoms with Crippen LogP contribution >= 0.6 is 11.5 Å². The van der Waals surface area contributed by atoms with E-state index in [0.29, 0.717) is 0 Å². The predicted octanol–water partition coefficient (Wildman–Crippen LogP) is 3.16. The fourth-order valence-corrected chi connectivity index (χ4v) is 3.64. The quantitative estimate of drug-likeness (QED) is 0.624. The zero-order valence-electron chi connectivity index (χ0n) is 12.9. The number of pyridine rings is 1. The van der Waals surface area contributed by atoms with Crippen LogP contribution in [0.25, 0.3) is 21.3 Å². The van der Waals surface area contributed by atoms with E-state index >= 15 is 0 Å². The molecule has 116 valence electrons. The largest absolute Gasteiger partial charge is 0.367 e. The molecular weight excluding hydrogens is 308 g/mol. The lowest BCUT2D eigenvalue weighted by atomic mass is 10.2. The number of nitrogens with one attached hydrogen (secondary N) is 1. The Kier molecular flexibility index (Phi) is 3.42. The number of nitrogens with zero attached hydrogens (tertiary/aromatic N) is 5. The van der Waals surface area contributed by atoms with Gasteiger partial charge in [-0.05, 0) is 49.1 Å². The third-order valence-electron chi connectivity index (χ3n) is 3.81. The molecule has 0 unspecified atom stereocenters. The van der Waals surface area contributed by atoms with Gasteiger partial charge in [0.25, 0.3) is 0 Å². The zero-order chi connectivity index (χ0) is 15.8. The second-order valence-electron chi connectivity index (χ2n) is 5.52. The van der Waals surface area contributed by atoms with E-state index in [9.17, 15) is 0 Å². The number of benzene rings is 1. The van der Waals surface area contributed by atoms with E-state index in [0.717, 1.165) is 45.9 Å². The summed E-state index contributed by atoms with van der Waals surface area (Å²) in [4.78, 5) is 5.53. The van der Waals surface area contributed by atoms with Gasteiger partial charge in [-0.2, -0.15) is 4.37 Å². The van der Waals surface area contributed by atoms with Crippen molar-refractivity contribution in [1.82, 2.24) is 24.4 Å². The highest BCUT2D eigenvalue weighted by Crippen LogP contribution is 2.28. The van der Waals surface area contributed by atoms with Crippen LogP contribution < -0.4 is 5.32 Å². The number of aryl methyl sites for hydroxylation is 2. The maximum absolute atomic E-state index is 4.54. The van der Waals surface area contributed by atoms with Gasteiger partial charge in [0.05, 0.1) is 17.4 Å². The molecule has 0 radical (unpaired) electrons. The highest BCUT2D eigenvalue weighted by Gasteiger charge is 2.11. The molecule has 3 aromatic heterocycles. The molecule has 7 heteroatoms. The Bertz CT molecular complexity index is 987. The Balaban J connectivity index is 1.53. The van der Waals surface area contributed by atoms with Gasteiger partial charge in [0.1, 0.15) is 16.2 Å². The molecule has 0 fully saturated rings. The Hall–Kier alpha value is -2.54. The summed E-state index contributed by atoms with van der Waals surface area (Å²) < 4.78 is 6.41. The van der Waals surface area contributed by atoms with Crippen molar-refractivity contribution in [3.05, 3.63) is 41.6 Å². The molecule has 0 saturated heterocycles. The molecule has 1 N–H and O–H groups in total. The van der Waals surface area contributed by atoms with Gasteiger partial charge >= 0.3 is 0 Å². The Morgan fingerprint density at radius 1 is 1.22 bits per heavy atom. The number of hydrogen-bond acceptors (Lipinski definition) is 6. The first-order chi connectivity index (χ1) is 11.2. The van der Waals surface area contributed by atoms with Gasteiger partial charge in [0.2, 0.25) is 0 Å². The lowest BCUT2D eigenvalue weighted by molar-refractivity contribution is 0.627. The second kappa shape index (κ2) is 5.58. The van der Waals surface area contributed by atoms with Gasteiger partial charge in [-0.3, -0.25) is 0 Å². The van der Waals surface area contributed by atoms with Crippen LogP contribution in [0.4, 0.5) is 5.82 Å². The molecule has 0 spiro atoms. The van der Waals surface area contributed by atoms with E-state index in [-0.39, 0.29) is 0 Å². The fraction of sp³-hybridized carbons (Fsp3) is 0.250. The molecule has 23 heavy (non-hydrogen) atoms. The van der Waals surface area contributed by atoms with Gasteiger partial charge in [-0.1, -0.05) is 17.3 Å². The van der Waals surface area contributed by atoms with Crippen LogP contribution in [0.2, 0.25) is 0 Å². The highest BCUT2D eigenvalue weighted by molar-refractivity contribution is 7.13. The van der Waals surface area contributed by atoms with Crippen LogP contribution in [0.15, 0.2) is 30.3 Å². The van der Waals surface area contributed by atoms with Crippen LogP contribution in [-0.4, -0.2) is 30.9 Å². The molecule has 6 nitrogen and oxygen atoms in total. The first-order valence-electron chi connectivity index (χ1n) is 7.48. The summed E-state index contributed by atoms with van der Waals surface area (Å²) in [6, 6.07) is 10.1. The monoisotopic (exact) mass is 324 g/mol. The number of fused-ring (bicyclic) bond motifs is 2. The van der Waals surface area contributed by atoms with Crippen molar-refractivity contribution in [2.24, 2.45) is 0 Å². The number of para-hydroxylation sites is 1. The Labute approximate surface area is 137 Å². The lowest BCUT2D eigenvalue weighted by Gasteiger charge is -2.06. The topological polar surface area (TPSA) is 68.5 Å². The van der Waals surface area contributed by atoms with Gasteiger partial charge in [0, 0.05) is 12.2 Å². The van der Waals surface area contributed by atoms with Crippen molar-refractivity contribution < 1.29 is 0 Å². The van der Waals surface area contributed by atoms with E-state index in [4.69, 9.17) is 0 Å². The van der Waals surface area contributed by atoms with Gasteiger partial charge in [-0.15, -0.1) is 5.10 Å². The number of anilines is 1. The van der Waals surface area contributed by atoms with Crippen molar-refractivity contribution in [2.75, 3.05) is 11.9 Å².